The van der Waals surface area contributed by atoms with Gasteiger partial charge in [0, 0.05) is 6.04 Å². The van der Waals surface area contributed by atoms with E-state index in [-0.39, 0.29) is 24.4 Å². The minimum atomic E-state index is -0.789. The zero-order valence-corrected chi connectivity index (χ0v) is 10.7. The minimum absolute atomic E-state index is 0.170. The molecule has 0 aromatic heterocycles. The van der Waals surface area contributed by atoms with Crippen LogP contribution in [0.1, 0.15) is 25.7 Å². The van der Waals surface area contributed by atoms with Gasteiger partial charge in [-0.1, -0.05) is 0 Å². The number of piperidine rings is 1. The van der Waals surface area contributed by atoms with Gasteiger partial charge in [-0.05, 0) is 38.8 Å². The molecule has 3 fully saturated rings. The van der Waals surface area contributed by atoms with Gasteiger partial charge in [0.15, 0.2) is 0 Å². The Hall–Kier alpha value is -1.63. The second-order valence-corrected chi connectivity index (χ2v) is 5.50. The number of rotatable bonds is 3. The topological polar surface area (TPSA) is 90.5 Å². The fourth-order valence-corrected chi connectivity index (χ4v) is 2.66. The van der Waals surface area contributed by atoms with Gasteiger partial charge in [-0.15, -0.1) is 0 Å². The first-order valence-electron chi connectivity index (χ1n) is 6.75. The van der Waals surface area contributed by atoms with E-state index in [9.17, 15) is 14.4 Å². The van der Waals surface area contributed by atoms with E-state index in [1.54, 1.807) is 0 Å². The molecular formula is C12H18N4O3. The maximum Gasteiger partial charge on any atom is 0.325 e. The van der Waals surface area contributed by atoms with Crippen LogP contribution < -0.4 is 16.0 Å². The van der Waals surface area contributed by atoms with Crippen LogP contribution in [-0.4, -0.2) is 54.0 Å². The molecule has 3 aliphatic rings. The molecule has 1 spiro atoms. The van der Waals surface area contributed by atoms with E-state index >= 15 is 0 Å². The summed E-state index contributed by atoms with van der Waals surface area (Å²) in [4.78, 5) is 37.0. The maximum absolute atomic E-state index is 12.4. The molecule has 3 N–H and O–H groups in total. The van der Waals surface area contributed by atoms with Crippen molar-refractivity contribution < 1.29 is 14.4 Å². The SMILES string of the molecule is O=C(CN1C(=O)NC2(CCNCC2)C1=O)NC1CC1. The standard InChI is InChI=1S/C12H18N4O3/c17-9(14-8-1-2-8)7-16-10(18)12(15-11(16)19)3-5-13-6-4-12/h8,13H,1-7H2,(H,14,17)(H,15,19). The summed E-state index contributed by atoms with van der Waals surface area (Å²) in [5.74, 6) is -0.512. The Bertz CT molecular complexity index is 427. The first-order valence-corrected chi connectivity index (χ1v) is 6.75. The van der Waals surface area contributed by atoms with Crippen LogP contribution in [0.5, 0.6) is 0 Å². The summed E-state index contributed by atoms with van der Waals surface area (Å²) in [6, 6.07) is -0.209. The fraction of sp³-hybridized carbons (Fsp3) is 0.750. The van der Waals surface area contributed by atoms with E-state index in [2.05, 4.69) is 16.0 Å². The molecule has 7 nitrogen and oxygen atoms in total. The van der Waals surface area contributed by atoms with Crippen molar-refractivity contribution in [2.45, 2.75) is 37.3 Å². The highest BCUT2D eigenvalue weighted by Gasteiger charge is 2.51. The molecule has 2 saturated heterocycles. The highest BCUT2D eigenvalue weighted by atomic mass is 16.2. The molecule has 0 radical (unpaired) electrons. The number of nitrogens with one attached hydrogen (secondary N) is 3. The summed E-state index contributed by atoms with van der Waals surface area (Å²) < 4.78 is 0. The third kappa shape index (κ3) is 2.30. The van der Waals surface area contributed by atoms with Crippen LogP contribution >= 0.6 is 0 Å². The quantitative estimate of drug-likeness (QED) is 0.568. The van der Waals surface area contributed by atoms with E-state index < -0.39 is 11.6 Å². The predicted octanol–water partition coefficient (Wildman–Crippen LogP) is -1.06. The number of nitrogens with zero attached hydrogens (tertiary/aromatic N) is 1. The molecule has 0 bridgehead atoms. The first-order chi connectivity index (χ1) is 9.11. The van der Waals surface area contributed by atoms with Crippen molar-refractivity contribution in [3.8, 4) is 0 Å². The van der Waals surface area contributed by atoms with Crippen molar-refractivity contribution in [3.63, 3.8) is 0 Å². The molecule has 1 saturated carbocycles. The third-order valence-electron chi connectivity index (χ3n) is 3.95. The van der Waals surface area contributed by atoms with Crippen molar-refractivity contribution >= 4 is 17.8 Å². The lowest BCUT2D eigenvalue weighted by molar-refractivity contribution is -0.135. The van der Waals surface area contributed by atoms with Crippen LogP contribution in [0.3, 0.4) is 0 Å². The molecule has 19 heavy (non-hydrogen) atoms. The summed E-state index contributed by atoms with van der Waals surface area (Å²) in [5.41, 5.74) is -0.789. The summed E-state index contributed by atoms with van der Waals surface area (Å²) in [7, 11) is 0. The second kappa shape index (κ2) is 4.48. The Kier molecular flexibility index (Phi) is 2.93. The van der Waals surface area contributed by atoms with Gasteiger partial charge in [-0.25, -0.2) is 4.79 Å². The van der Waals surface area contributed by atoms with E-state index in [0.717, 1.165) is 17.7 Å². The van der Waals surface area contributed by atoms with Crippen molar-refractivity contribution in [3.05, 3.63) is 0 Å². The van der Waals surface area contributed by atoms with Gasteiger partial charge in [0.05, 0.1) is 0 Å². The molecule has 0 aromatic carbocycles. The Labute approximate surface area is 111 Å². The van der Waals surface area contributed by atoms with Gasteiger partial charge in [0.1, 0.15) is 12.1 Å². The van der Waals surface area contributed by atoms with Crippen LogP contribution in [0.2, 0.25) is 0 Å². The maximum atomic E-state index is 12.4. The Morgan fingerprint density at radius 1 is 1.32 bits per heavy atom. The summed E-state index contributed by atoms with van der Waals surface area (Å²) in [5, 5.41) is 8.71. The molecule has 0 aromatic rings. The number of carbonyl (C=O) groups is 3. The summed E-state index contributed by atoms with van der Waals surface area (Å²) in [6.45, 7) is 1.23. The number of imide groups is 1. The minimum Gasteiger partial charge on any atom is -0.352 e. The molecule has 1 aliphatic carbocycles. The summed E-state index contributed by atoms with van der Waals surface area (Å²) >= 11 is 0. The molecule has 4 amide bonds. The number of carbonyl (C=O) groups excluding carboxylic acids is 3. The van der Waals surface area contributed by atoms with Crippen LogP contribution in [0, 0.1) is 0 Å². The number of amides is 4. The van der Waals surface area contributed by atoms with Crippen molar-refractivity contribution in [1.29, 1.82) is 0 Å². The monoisotopic (exact) mass is 266 g/mol. The average molecular weight is 266 g/mol. The lowest BCUT2D eigenvalue weighted by Crippen LogP contribution is -2.54. The highest BCUT2D eigenvalue weighted by Crippen LogP contribution is 2.26. The molecule has 0 atom stereocenters. The largest absolute Gasteiger partial charge is 0.352 e. The Balaban J connectivity index is 1.66. The molecule has 3 rings (SSSR count). The van der Waals surface area contributed by atoms with Gasteiger partial charge in [-0.2, -0.15) is 0 Å². The van der Waals surface area contributed by atoms with E-state index in [1.165, 1.54) is 0 Å². The molecule has 0 unspecified atom stereocenters. The zero-order valence-electron chi connectivity index (χ0n) is 10.7. The van der Waals surface area contributed by atoms with Crippen LogP contribution in [0.15, 0.2) is 0 Å². The Morgan fingerprint density at radius 3 is 2.63 bits per heavy atom. The van der Waals surface area contributed by atoms with Gasteiger partial charge in [0.25, 0.3) is 5.91 Å². The zero-order chi connectivity index (χ0) is 13.5. The van der Waals surface area contributed by atoms with Gasteiger partial charge >= 0.3 is 6.03 Å². The van der Waals surface area contributed by atoms with Crippen LogP contribution in [0.25, 0.3) is 0 Å². The molecule has 2 heterocycles. The van der Waals surface area contributed by atoms with Gasteiger partial charge in [-0.3, -0.25) is 14.5 Å². The van der Waals surface area contributed by atoms with Crippen molar-refractivity contribution in [2.24, 2.45) is 0 Å². The molecular weight excluding hydrogens is 248 g/mol. The van der Waals surface area contributed by atoms with Crippen LogP contribution in [-0.2, 0) is 9.59 Å². The van der Waals surface area contributed by atoms with Crippen molar-refractivity contribution in [2.75, 3.05) is 19.6 Å². The first kappa shape index (κ1) is 12.4. The number of hydrogen-bond acceptors (Lipinski definition) is 4. The lowest BCUT2D eigenvalue weighted by atomic mass is 9.88. The van der Waals surface area contributed by atoms with Crippen molar-refractivity contribution in [1.82, 2.24) is 20.9 Å². The third-order valence-corrected chi connectivity index (χ3v) is 3.95. The molecule has 104 valence electrons. The Morgan fingerprint density at radius 2 is 2.00 bits per heavy atom. The van der Waals surface area contributed by atoms with E-state index in [4.69, 9.17) is 0 Å². The second-order valence-electron chi connectivity index (χ2n) is 5.50. The number of hydrogen-bond donors (Lipinski definition) is 3. The highest BCUT2D eigenvalue weighted by molar-refractivity contribution is 6.09. The lowest BCUT2D eigenvalue weighted by Gasteiger charge is -2.30. The van der Waals surface area contributed by atoms with E-state index in [1.807, 2.05) is 0 Å². The molecule has 7 heteroatoms. The average Bonchev–Trinajstić information content (AvgIpc) is 3.16. The normalized spacial score (nSPS) is 25.6. The molecule has 2 aliphatic heterocycles. The predicted molar refractivity (Wildman–Crippen MR) is 66.2 cm³/mol. The van der Waals surface area contributed by atoms with Gasteiger partial charge < -0.3 is 16.0 Å². The van der Waals surface area contributed by atoms with Gasteiger partial charge in [0.2, 0.25) is 5.91 Å². The van der Waals surface area contributed by atoms with E-state index in [0.29, 0.717) is 25.9 Å². The fourth-order valence-electron chi connectivity index (χ4n) is 2.66. The smallest absolute Gasteiger partial charge is 0.325 e. The number of urea groups is 1. The summed E-state index contributed by atoms with van der Waals surface area (Å²) in [6.07, 6.45) is 3.14. The van der Waals surface area contributed by atoms with Crippen LogP contribution in [0.4, 0.5) is 4.79 Å².